The van der Waals surface area contributed by atoms with Crippen LogP contribution in [0.25, 0.3) is 5.69 Å². The van der Waals surface area contributed by atoms with Gasteiger partial charge in [0.15, 0.2) is 5.82 Å². The van der Waals surface area contributed by atoms with Crippen LogP contribution in [-0.2, 0) is 4.79 Å². The monoisotopic (exact) mass is 424 g/mol. The van der Waals surface area contributed by atoms with Gasteiger partial charge in [0.1, 0.15) is 18.2 Å². The lowest BCUT2D eigenvalue weighted by atomic mass is 9.92. The summed E-state index contributed by atoms with van der Waals surface area (Å²) in [6.07, 6.45) is 2.76. The van der Waals surface area contributed by atoms with Crippen molar-refractivity contribution in [3.8, 4) is 5.69 Å². The standard InChI is InChI=1S/C22H25FN6O2/c1-14-9-15(2)12-26(11-14)19(30)13-28-21-18(20-24-7-8-27(20)22(28)31)10-25-29(21)17-5-3-16(23)4-6-17/h3-6,10,14-15H,7-9,11-13H2,1-2H3/t14-,15+. The van der Waals surface area contributed by atoms with E-state index in [1.54, 1.807) is 27.9 Å². The molecular formula is C22H25FN6O2. The van der Waals surface area contributed by atoms with Gasteiger partial charge >= 0.3 is 6.03 Å². The number of rotatable bonds is 3. The molecule has 1 aromatic heterocycles. The Morgan fingerprint density at radius 2 is 1.87 bits per heavy atom. The lowest BCUT2D eigenvalue weighted by molar-refractivity contribution is -0.132. The minimum absolute atomic E-state index is 0.0675. The van der Waals surface area contributed by atoms with Crippen molar-refractivity contribution in [1.82, 2.24) is 19.6 Å². The molecule has 0 radical (unpaired) electrons. The van der Waals surface area contributed by atoms with Crippen LogP contribution in [0.15, 0.2) is 35.5 Å². The number of anilines is 1. The maximum atomic E-state index is 13.5. The number of carbonyl (C=O) groups excluding carboxylic acids is 2. The molecule has 1 saturated heterocycles. The summed E-state index contributed by atoms with van der Waals surface area (Å²) in [6, 6.07) is 5.62. The van der Waals surface area contributed by atoms with Crippen molar-refractivity contribution >= 4 is 23.6 Å². The van der Waals surface area contributed by atoms with Crippen LogP contribution in [0.3, 0.4) is 0 Å². The first-order valence-electron chi connectivity index (χ1n) is 10.7. The number of hydrogen-bond acceptors (Lipinski definition) is 4. The van der Waals surface area contributed by atoms with Gasteiger partial charge in [0.2, 0.25) is 5.91 Å². The van der Waals surface area contributed by atoms with Crippen molar-refractivity contribution in [3.63, 3.8) is 0 Å². The summed E-state index contributed by atoms with van der Waals surface area (Å²) in [6.45, 7) is 6.63. The lowest BCUT2D eigenvalue weighted by Gasteiger charge is -2.38. The van der Waals surface area contributed by atoms with E-state index in [-0.39, 0.29) is 24.3 Å². The molecule has 0 N–H and O–H groups in total. The number of aliphatic imine (C=N–C) groups is 1. The van der Waals surface area contributed by atoms with Crippen LogP contribution in [0.4, 0.5) is 15.0 Å². The van der Waals surface area contributed by atoms with Crippen molar-refractivity contribution in [2.75, 3.05) is 37.6 Å². The smallest absolute Gasteiger partial charge is 0.331 e. The molecule has 1 aromatic carbocycles. The van der Waals surface area contributed by atoms with Gasteiger partial charge in [-0.25, -0.2) is 13.9 Å². The Morgan fingerprint density at radius 1 is 1.16 bits per heavy atom. The first-order valence-corrected chi connectivity index (χ1v) is 10.7. The summed E-state index contributed by atoms with van der Waals surface area (Å²) in [5, 5.41) is 4.45. The van der Waals surface area contributed by atoms with Gasteiger partial charge in [-0.15, -0.1) is 0 Å². The van der Waals surface area contributed by atoms with Crippen molar-refractivity contribution < 1.29 is 14.0 Å². The van der Waals surface area contributed by atoms with Crippen LogP contribution in [-0.4, -0.2) is 70.1 Å². The van der Waals surface area contributed by atoms with Crippen LogP contribution in [0.2, 0.25) is 0 Å². The number of amidine groups is 1. The molecule has 0 saturated carbocycles. The van der Waals surface area contributed by atoms with Gasteiger partial charge in [0.05, 0.1) is 24.0 Å². The van der Waals surface area contributed by atoms with Gasteiger partial charge < -0.3 is 4.90 Å². The molecule has 5 rings (SSSR count). The third-order valence-electron chi connectivity index (χ3n) is 6.13. The van der Waals surface area contributed by atoms with Crippen molar-refractivity contribution in [2.45, 2.75) is 20.3 Å². The van der Waals surface area contributed by atoms with E-state index in [9.17, 15) is 14.0 Å². The van der Waals surface area contributed by atoms with E-state index in [2.05, 4.69) is 23.9 Å². The summed E-state index contributed by atoms with van der Waals surface area (Å²) in [5.74, 6) is 1.51. The fourth-order valence-corrected chi connectivity index (χ4v) is 4.88. The van der Waals surface area contributed by atoms with Gasteiger partial charge in [-0.05, 0) is 42.5 Å². The summed E-state index contributed by atoms with van der Waals surface area (Å²) in [5.41, 5.74) is 1.31. The Balaban J connectivity index is 1.52. The van der Waals surface area contributed by atoms with E-state index in [1.165, 1.54) is 17.0 Å². The normalized spacial score (nSPS) is 23.0. The summed E-state index contributed by atoms with van der Waals surface area (Å²) < 4.78 is 15.0. The van der Waals surface area contributed by atoms with Crippen LogP contribution < -0.4 is 4.90 Å². The van der Waals surface area contributed by atoms with E-state index < -0.39 is 0 Å². The zero-order valence-electron chi connectivity index (χ0n) is 17.7. The van der Waals surface area contributed by atoms with Crippen molar-refractivity contribution in [3.05, 3.63) is 41.8 Å². The van der Waals surface area contributed by atoms with E-state index in [0.717, 1.165) is 6.42 Å². The first kappa shape index (κ1) is 19.7. The molecule has 0 spiro atoms. The molecule has 31 heavy (non-hydrogen) atoms. The highest BCUT2D eigenvalue weighted by Gasteiger charge is 2.42. The molecule has 4 heterocycles. The Morgan fingerprint density at radius 3 is 2.58 bits per heavy atom. The first-order chi connectivity index (χ1) is 14.9. The highest BCUT2D eigenvalue weighted by Crippen LogP contribution is 2.33. The number of fused-ring (bicyclic) bond motifs is 3. The van der Waals surface area contributed by atoms with Gasteiger partial charge in [0, 0.05) is 19.6 Å². The molecule has 2 aromatic rings. The van der Waals surface area contributed by atoms with Crippen LogP contribution >= 0.6 is 0 Å². The molecule has 0 aliphatic carbocycles. The molecule has 2 atom stereocenters. The molecule has 3 aliphatic heterocycles. The lowest BCUT2D eigenvalue weighted by Crippen LogP contribution is -2.54. The van der Waals surface area contributed by atoms with E-state index in [4.69, 9.17) is 0 Å². The SMILES string of the molecule is C[C@@H]1C[C@H](C)CN(C(=O)CN2C(=O)N3CCN=C3c3cnn(-c4ccc(F)cc4)c32)C1. The predicted molar refractivity (Wildman–Crippen MR) is 114 cm³/mol. The second kappa shape index (κ2) is 7.47. The average Bonchev–Trinajstić information content (AvgIpc) is 3.38. The van der Waals surface area contributed by atoms with Crippen LogP contribution in [0.1, 0.15) is 25.8 Å². The number of carbonyl (C=O) groups is 2. The Hall–Kier alpha value is -3.23. The second-order valence-corrected chi connectivity index (χ2v) is 8.74. The minimum atomic E-state index is -0.354. The highest BCUT2D eigenvalue weighted by molar-refractivity contribution is 6.20. The molecule has 8 nitrogen and oxygen atoms in total. The number of piperidine rings is 1. The Labute approximate surface area is 179 Å². The van der Waals surface area contributed by atoms with Crippen molar-refractivity contribution in [1.29, 1.82) is 0 Å². The fraction of sp³-hybridized carbons (Fsp3) is 0.455. The van der Waals surface area contributed by atoms with Gasteiger partial charge in [-0.3, -0.25) is 19.6 Å². The second-order valence-electron chi connectivity index (χ2n) is 8.74. The maximum Gasteiger partial charge on any atom is 0.331 e. The fourth-order valence-electron chi connectivity index (χ4n) is 4.88. The zero-order chi connectivity index (χ0) is 21.7. The number of urea groups is 1. The van der Waals surface area contributed by atoms with Crippen molar-refractivity contribution in [2.24, 2.45) is 16.8 Å². The summed E-state index contributed by atoms with van der Waals surface area (Å²) >= 11 is 0. The number of nitrogens with zero attached hydrogens (tertiary/aromatic N) is 6. The van der Waals surface area contributed by atoms with E-state index in [0.29, 0.717) is 60.9 Å². The summed E-state index contributed by atoms with van der Waals surface area (Å²) in [4.78, 5) is 36.0. The zero-order valence-corrected chi connectivity index (χ0v) is 17.7. The number of benzene rings is 1. The number of halogens is 1. The average molecular weight is 424 g/mol. The largest absolute Gasteiger partial charge is 0.341 e. The molecular weight excluding hydrogens is 399 g/mol. The van der Waals surface area contributed by atoms with E-state index in [1.807, 2.05) is 4.90 Å². The maximum absolute atomic E-state index is 13.5. The Bertz CT molecular complexity index is 1050. The molecule has 0 bridgehead atoms. The topological polar surface area (TPSA) is 74.0 Å². The Kier molecular flexibility index (Phi) is 4.75. The molecule has 0 unspecified atom stereocenters. The van der Waals surface area contributed by atoms with Gasteiger partial charge in [-0.1, -0.05) is 13.8 Å². The number of amides is 3. The third kappa shape index (κ3) is 3.37. The molecule has 3 aliphatic rings. The third-order valence-corrected chi connectivity index (χ3v) is 6.13. The molecule has 9 heteroatoms. The van der Waals surface area contributed by atoms with Gasteiger partial charge in [0.25, 0.3) is 0 Å². The quantitative estimate of drug-likeness (QED) is 0.760. The number of likely N-dealkylation sites (tertiary alicyclic amines) is 1. The minimum Gasteiger partial charge on any atom is -0.341 e. The highest BCUT2D eigenvalue weighted by atomic mass is 19.1. The number of aromatic nitrogens is 2. The van der Waals surface area contributed by atoms with Crippen LogP contribution in [0, 0.1) is 17.7 Å². The molecule has 162 valence electrons. The van der Waals surface area contributed by atoms with Gasteiger partial charge in [-0.2, -0.15) is 5.10 Å². The summed E-state index contributed by atoms with van der Waals surface area (Å²) in [7, 11) is 0. The number of hydrogen-bond donors (Lipinski definition) is 0. The van der Waals surface area contributed by atoms with Crippen LogP contribution in [0.5, 0.6) is 0 Å². The predicted octanol–water partition coefficient (Wildman–Crippen LogP) is 2.52. The molecule has 3 amide bonds. The van der Waals surface area contributed by atoms with E-state index >= 15 is 0 Å². The molecule has 1 fully saturated rings.